The third-order valence-corrected chi connectivity index (χ3v) is 4.74. The van der Waals surface area contributed by atoms with Crippen LogP contribution in [0.15, 0.2) is 48.5 Å². The van der Waals surface area contributed by atoms with E-state index in [1.165, 1.54) is 0 Å². The lowest BCUT2D eigenvalue weighted by atomic mass is 10.1. The molecule has 0 bridgehead atoms. The lowest BCUT2D eigenvalue weighted by Crippen LogP contribution is -2.49. The van der Waals surface area contributed by atoms with Gasteiger partial charge in [-0.2, -0.15) is 0 Å². The minimum atomic E-state index is -0.594. The maximum absolute atomic E-state index is 13.0. The molecule has 2 aromatic rings. The molecule has 1 unspecified atom stereocenters. The predicted molar refractivity (Wildman–Crippen MR) is 116 cm³/mol. The Kier molecular flexibility index (Phi) is 8.25. The number of nitrogens with one attached hydrogen (secondary N) is 1. The van der Waals surface area contributed by atoms with E-state index in [4.69, 9.17) is 4.74 Å². The number of amides is 2. The number of hydrogen-bond acceptors (Lipinski definition) is 3. The van der Waals surface area contributed by atoms with Gasteiger partial charge in [0, 0.05) is 13.1 Å². The first-order valence-electron chi connectivity index (χ1n) is 10.1. The van der Waals surface area contributed by atoms with E-state index in [2.05, 4.69) is 5.32 Å². The van der Waals surface area contributed by atoms with E-state index in [0.29, 0.717) is 24.8 Å². The molecule has 0 aromatic heterocycles. The summed E-state index contributed by atoms with van der Waals surface area (Å²) < 4.78 is 5.80. The second kappa shape index (κ2) is 10.6. The van der Waals surface area contributed by atoms with Gasteiger partial charge in [0.25, 0.3) is 5.91 Å². The van der Waals surface area contributed by atoms with E-state index in [0.717, 1.165) is 16.7 Å². The Labute approximate surface area is 174 Å². The molecule has 0 saturated carbocycles. The molecule has 0 fully saturated rings. The molecule has 2 rings (SSSR count). The van der Waals surface area contributed by atoms with Crippen molar-refractivity contribution in [2.45, 2.75) is 47.2 Å². The zero-order valence-corrected chi connectivity index (χ0v) is 18.1. The first kappa shape index (κ1) is 22.5. The summed E-state index contributed by atoms with van der Waals surface area (Å²) >= 11 is 0. The number of benzene rings is 2. The predicted octanol–water partition coefficient (Wildman–Crippen LogP) is 3.87. The Morgan fingerprint density at radius 3 is 2.38 bits per heavy atom. The number of carbonyl (C=O) groups excluding carboxylic acids is 2. The van der Waals surface area contributed by atoms with Gasteiger partial charge in [-0.25, -0.2) is 0 Å². The van der Waals surface area contributed by atoms with Gasteiger partial charge in [-0.05, 0) is 49.4 Å². The highest BCUT2D eigenvalue weighted by atomic mass is 16.5. The van der Waals surface area contributed by atoms with Crippen LogP contribution >= 0.6 is 0 Å². The minimum absolute atomic E-state index is 0.112. The van der Waals surface area contributed by atoms with Crippen molar-refractivity contribution in [2.24, 2.45) is 5.92 Å². The van der Waals surface area contributed by atoms with Gasteiger partial charge in [-0.1, -0.05) is 56.3 Å². The molecular weight excluding hydrogens is 364 g/mol. The van der Waals surface area contributed by atoms with Gasteiger partial charge in [0.1, 0.15) is 11.8 Å². The maximum atomic E-state index is 13.0. The zero-order chi connectivity index (χ0) is 21.4. The second-order valence-corrected chi connectivity index (χ2v) is 7.88. The molecular formula is C24H32N2O3. The van der Waals surface area contributed by atoms with Crippen molar-refractivity contribution in [3.63, 3.8) is 0 Å². The number of ether oxygens (including phenoxy) is 1. The summed E-state index contributed by atoms with van der Waals surface area (Å²) in [6.45, 7) is 10.6. The summed E-state index contributed by atoms with van der Waals surface area (Å²) in [5, 5.41) is 2.92. The molecule has 1 atom stereocenters. The first-order valence-corrected chi connectivity index (χ1v) is 10.1. The molecule has 2 amide bonds. The molecule has 0 aliphatic carbocycles. The lowest BCUT2D eigenvalue weighted by molar-refractivity contribution is -0.142. The van der Waals surface area contributed by atoms with Crippen LogP contribution in [0.4, 0.5) is 0 Å². The molecule has 0 heterocycles. The fourth-order valence-electron chi connectivity index (χ4n) is 2.90. The van der Waals surface area contributed by atoms with Crippen LogP contribution in [-0.2, 0) is 16.1 Å². The maximum Gasteiger partial charge on any atom is 0.261 e. The van der Waals surface area contributed by atoms with Crippen LogP contribution in [0.1, 0.15) is 37.5 Å². The largest absolute Gasteiger partial charge is 0.483 e. The van der Waals surface area contributed by atoms with Crippen LogP contribution in [0, 0.1) is 19.8 Å². The van der Waals surface area contributed by atoms with Crippen molar-refractivity contribution in [2.75, 3.05) is 13.2 Å². The Balaban J connectivity index is 2.13. The van der Waals surface area contributed by atoms with Gasteiger partial charge in [0.2, 0.25) is 5.91 Å². The molecule has 1 N–H and O–H groups in total. The fraction of sp³-hybridized carbons (Fsp3) is 0.417. The second-order valence-electron chi connectivity index (χ2n) is 7.88. The van der Waals surface area contributed by atoms with Crippen molar-refractivity contribution in [3.05, 3.63) is 65.2 Å². The molecule has 156 valence electrons. The van der Waals surface area contributed by atoms with E-state index in [9.17, 15) is 9.59 Å². The molecule has 5 heteroatoms. The summed E-state index contributed by atoms with van der Waals surface area (Å²) in [5.74, 6) is 0.656. The minimum Gasteiger partial charge on any atom is -0.483 e. The van der Waals surface area contributed by atoms with Gasteiger partial charge in [0.15, 0.2) is 6.61 Å². The van der Waals surface area contributed by atoms with Crippen LogP contribution in [0.25, 0.3) is 0 Å². The monoisotopic (exact) mass is 396 g/mol. The third kappa shape index (κ3) is 6.93. The number of carbonyl (C=O) groups is 2. The highest BCUT2D eigenvalue weighted by Crippen LogP contribution is 2.19. The zero-order valence-electron chi connectivity index (χ0n) is 18.1. The molecule has 0 saturated heterocycles. The SMILES string of the molecule is Cc1ccc(C)c(OCC(=O)N(Cc2ccccc2)C(C)C(=O)NCC(C)C)c1. The molecule has 29 heavy (non-hydrogen) atoms. The van der Waals surface area contributed by atoms with E-state index >= 15 is 0 Å². The summed E-state index contributed by atoms with van der Waals surface area (Å²) in [6.07, 6.45) is 0. The smallest absolute Gasteiger partial charge is 0.261 e. The highest BCUT2D eigenvalue weighted by molar-refractivity contribution is 5.88. The van der Waals surface area contributed by atoms with Crippen LogP contribution in [-0.4, -0.2) is 35.9 Å². The molecule has 2 aromatic carbocycles. The van der Waals surface area contributed by atoms with Gasteiger partial charge < -0.3 is 15.0 Å². The topological polar surface area (TPSA) is 58.6 Å². The Hall–Kier alpha value is -2.82. The molecule has 0 spiro atoms. The van der Waals surface area contributed by atoms with Gasteiger partial charge in [-0.3, -0.25) is 9.59 Å². The Morgan fingerprint density at radius 2 is 1.72 bits per heavy atom. The van der Waals surface area contributed by atoms with Gasteiger partial charge in [-0.15, -0.1) is 0 Å². The average molecular weight is 397 g/mol. The fourth-order valence-corrected chi connectivity index (χ4v) is 2.90. The van der Waals surface area contributed by atoms with Crippen molar-refractivity contribution >= 4 is 11.8 Å². The van der Waals surface area contributed by atoms with Crippen molar-refractivity contribution in [3.8, 4) is 5.75 Å². The normalized spacial score (nSPS) is 11.8. The Bertz CT molecular complexity index is 818. The van der Waals surface area contributed by atoms with E-state index in [1.54, 1.807) is 11.8 Å². The summed E-state index contributed by atoms with van der Waals surface area (Å²) in [7, 11) is 0. The third-order valence-electron chi connectivity index (χ3n) is 4.74. The number of rotatable bonds is 9. The van der Waals surface area contributed by atoms with E-state index in [-0.39, 0.29) is 18.4 Å². The van der Waals surface area contributed by atoms with E-state index < -0.39 is 6.04 Å². The quantitative estimate of drug-likeness (QED) is 0.700. The van der Waals surface area contributed by atoms with E-state index in [1.807, 2.05) is 76.2 Å². The van der Waals surface area contributed by atoms with Crippen LogP contribution in [0.2, 0.25) is 0 Å². The molecule has 0 radical (unpaired) electrons. The standard InChI is InChI=1S/C24H32N2O3/c1-17(2)14-25-24(28)20(5)26(15-21-9-7-6-8-10-21)23(27)16-29-22-13-18(3)11-12-19(22)4/h6-13,17,20H,14-16H2,1-5H3,(H,25,28). The first-order chi connectivity index (χ1) is 13.8. The van der Waals surface area contributed by atoms with Crippen LogP contribution in [0.5, 0.6) is 5.75 Å². The number of nitrogens with zero attached hydrogens (tertiary/aromatic N) is 1. The number of aryl methyl sites for hydroxylation is 2. The lowest BCUT2D eigenvalue weighted by Gasteiger charge is -2.29. The highest BCUT2D eigenvalue weighted by Gasteiger charge is 2.26. The van der Waals surface area contributed by atoms with Crippen molar-refractivity contribution in [1.82, 2.24) is 10.2 Å². The summed E-state index contributed by atoms with van der Waals surface area (Å²) in [6, 6.07) is 15.0. The summed E-state index contributed by atoms with van der Waals surface area (Å²) in [4.78, 5) is 27.2. The van der Waals surface area contributed by atoms with Crippen molar-refractivity contribution < 1.29 is 14.3 Å². The van der Waals surface area contributed by atoms with Crippen LogP contribution in [0.3, 0.4) is 0 Å². The van der Waals surface area contributed by atoms with Gasteiger partial charge in [0.05, 0.1) is 0 Å². The summed E-state index contributed by atoms with van der Waals surface area (Å²) in [5.41, 5.74) is 3.01. The molecule has 5 nitrogen and oxygen atoms in total. The molecule has 0 aliphatic rings. The number of hydrogen-bond donors (Lipinski definition) is 1. The van der Waals surface area contributed by atoms with Crippen LogP contribution < -0.4 is 10.1 Å². The van der Waals surface area contributed by atoms with Crippen molar-refractivity contribution in [1.29, 1.82) is 0 Å². The Morgan fingerprint density at radius 1 is 1.03 bits per heavy atom. The van der Waals surface area contributed by atoms with Gasteiger partial charge >= 0.3 is 0 Å². The average Bonchev–Trinajstić information content (AvgIpc) is 2.70. The molecule has 0 aliphatic heterocycles.